The molecule has 0 radical (unpaired) electrons. The number of nitrogens with one attached hydrogen (secondary N) is 1. The maximum Gasteiger partial charge on any atom is 0.340 e. The van der Waals surface area contributed by atoms with Crippen molar-refractivity contribution in [2.75, 3.05) is 14.2 Å². The summed E-state index contributed by atoms with van der Waals surface area (Å²) in [5, 5.41) is 3.25. The largest absolute Gasteiger partial charge is 0.468 e. The van der Waals surface area contributed by atoms with Crippen LogP contribution in [0.3, 0.4) is 0 Å². The molecular formula is C22H25N3O6. The van der Waals surface area contributed by atoms with Gasteiger partial charge in [0.15, 0.2) is 0 Å². The molecule has 9 heteroatoms. The number of aryl methyl sites for hydroxylation is 1. The van der Waals surface area contributed by atoms with Gasteiger partial charge >= 0.3 is 11.9 Å². The maximum atomic E-state index is 13.3. The van der Waals surface area contributed by atoms with Gasteiger partial charge in [-0.15, -0.1) is 0 Å². The van der Waals surface area contributed by atoms with E-state index in [1.165, 1.54) is 18.6 Å². The van der Waals surface area contributed by atoms with E-state index in [9.17, 15) is 14.4 Å². The molecule has 1 fully saturated rings. The summed E-state index contributed by atoms with van der Waals surface area (Å²) in [6.07, 6.45) is 6.65. The van der Waals surface area contributed by atoms with Crippen LogP contribution in [0, 0.1) is 6.92 Å². The molecule has 2 aromatic rings. The predicted octanol–water partition coefficient (Wildman–Crippen LogP) is 1.96. The van der Waals surface area contributed by atoms with Crippen LogP contribution < -0.4 is 15.6 Å². The van der Waals surface area contributed by atoms with Gasteiger partial charge in [0, 0.05) is 12.2 Å². The van der Waals surface area contributed by atoms with Gasteiger partial charge in [-0.25, -0.2) is 4.79 Å². The fourth-order valence-corrected chi connectivity index (χ4v) is 4.20. The number of methoxy groups -OCH3 is 2. The zero-order chi connectivity index (χ0) is 22.1. The number of rotatable bonds is 4. The van der Waals surface area contributed by atoms with Crippen LogP contribution in [-0.4, -0.2) is 41.6 Å². The van der Waals surface area contributed by atoms with E-state index < -0.39 is 23.4 Å². The van der Waals surface area contributed by atoms with E-state index >= 15 is 0 Å². The molecule has 2 aliphatic rings. The molecule has 1 aliphatic heterocycles. The monoisotopic (exact) mass is 427 g/mol. The number of carbonyl (C=O) groups excluding carboxylic acids is 2. The lowest BCUT2D eigenvalue weighted by Crippen LogP contribution is -2.41. The van der Waals surface area contributed by atoms with Crippen LogP contribution in [0.4, 0.5) is 0 Å². The number of hydrogen-bond donors (Lipinski definition) is 1. The Labute approximate surface area is 179 Å². The van der Waals surface area contributed by atoms with Crippen molar-refractivity contribution in [1.82, 2.24) is 14.7 Å². The van der Waals surface area contributed by atoms with Crippen molar-refractivity contribution in [2.24, 2.45) is 0 Å². The van der Waals surface area contributed by atoms with Crippen molar-refractivity contribution in [1.29, 1.82) is 0 Å². The Morgan fingerprint density at radius 3 is 2.61 bits per heavy atom. The normalized spacial score (nSPS) is 18.9. The van der Waals surface area contributed by atoms with E-state index in [1.807, 2.05) is 6.92 Å². The summed E-state index contributed by atoms with van der Waals surface area (Å²) >= 11 is 0. The van der Waals surface area contributed by atoms with Crippen LogP contribution in [0.15, 0.2) is 34.6 Å². The van der Waals surface area contributed by atoms with Crippen molar-refractivity contribution < 1.29 is 23.8 Å². The molecule has 1 saturated carbocycles. The van der Waals surface area contributed by atoms with Gasteiger partial charge in [-0.3, -0.25) is 14.0 Å². The van der Waals surface area contributed by atoms with Crippen LogP contribution in [-0.2, 0) is 19.1 Å². The van der Waals surface area contributed by atoms with Crippen LogP contribution >= 0.6 is 0 Å². The van der Waals surface area contributed by atoms with Gasteiger partial charge in [0.1, 0.15) is 17.1 Å². The standard InChI is InChI=1S/C22H25N3O6/c1-12-9-10-25-14(11-12)24-18-16(20(25)26)15(21(27)29-2)17(22(28)30-3)19(31-18)23-13-7-5-4-6-8-13/h9-11,13,15,23H,4-8H2,1-3H3. The second-order valence-electron chi connectivity index (χ2n) is 7.84. The number of esters is 2. The Morgan fingerprint density at radius 2 is 1.94 bits per heavy atom. The van der Waals surface area contributed by atoms with E-state index in [-0.39, 0.29) is 28.9 Å². The molecule has 9 nitrogen and oxygen atoms in total. The van der Waals surface area contributed by atoms with Gasteiger partial charge in [0.25, 0.3) is 5.56 Å². The average Bonchev–Trinajstić information content (AvgIpc) is 2.77. The lowest BCUT2D eigenvalue weighted by molar-refractivity contribution is -0.145. The molecule has 0 bridgehead atoms. The minimum Gasteiger partial charge on any atom is -0.468 e. The molecule has 3 heterocycles. The highest BCUT2D eigenvalue weighted by atomic mass is 16.5. The third-order valence-corrected chi connectivity index (χ3v) is 5.79. The molecule has 1 aliphatic carbocycles. The zero-order valence-electron chi connectivity index (χ0n) is 17.8. The molecule has 0 spiro atoms. The molecule has 2 aromatic heterocycles. The summed E-state index contributed by atoms with van der Waals surface area (Å²) in [6.45, 7) is 1.88. The maximum absolute atomic E-state index is 13.3. The fraction of sp³-hybridized carbons (Fsp3) is 0.455. The first-order chi connectivity index (χ1) is 14.9. The Morgan fingerprint density at radius 1 is 1.19 bits per heavy atom. The van der Waals surface area contributed by atoms with Gasteiger partial charge < -0.3 is 19.5 Å². The highest BCUT2D eigenvalue weighted by molar-refractivity contribution is 6.00. The highest BCUT2D eigenvalue weighted by Gasteiger charge is 2.44. The Bertz CT molecular complexity index is 1130. The lowest BCUT2D eigenvalue weighted by Gasteiger charge is -2.31. The number of ether oxygens (including phenoxy) is 3. The Balaban J connectivity index is 1.92. The van der Waals surface area contributed by atoms with E-state index in [0.29, 0.717) is 5.65 Å². The number of pyridine rings is 1. The van der Waals surface area contributed by atoms with Gasteiger partial charge in [-0.2, -0.15) is 4.98 Å². The first kappa shape index (κ1) is 20.9. The molecule has 4 rings (SSSR count). The van der Waals surface area contributed by atoms with E-state index in [4.69, 9.17) is 14.2 Å². The second-order valence-corrected chi connectivity index (χ2v) is 7.84. The molecule has 0 saturated heterocycles. The van der Waals surface area contributed by atoms with Crippen molar-refractivity contribution in [3.8, 4) is 5.88 Å². The lowest BCUT2D eigenvalue weighted by atomic mass is 9.89. The quantitative estimate of drug-likeness (QED) is 0.738. The first-order valence-electron chi connectivity index (χ1n) is 10.3. The van der Waals surface area contributed by atoms with Gasteiger partial charge in [-0.1, -0.05) is 19.3 Å². The number of nitrogens with zero attached hydrogens (tertiary/aromatic N) is 2. The smallest absolute Gasteiger partial charge is 0.340 e. The summed E-state index contributed by atoms with van der Waals surface area (Å²) in [5.74, 6) is -2.78. The van der Waals surface area contributed by atoms with Crippen molar-refractivity contribution in [2.45, 2.75) is 51.0 Å². The molecule has 164 valence electrons. The van der Waals surface area contributed by atoms with E-state index in [2.05, 4.69) is 10.3 Å². The molecule has 1 N–H and O–H groups in total. The fourth-order valence-electron chi connectivity index (χ4n) is 4.20. The van der Waals surface area contributed by atoms with Gasteiger partial charge in [-0.05, 0) is 37.5 Å². The third kappa shape index (κ3) is 3.75. The van der Waals surface area contributed by atoms with Crippen LogP contribution in [0.2, 0.25) is 0 Å². The minimum absolute atomic E-state index is 0.0167. The molecule has 31 heavy (non-hydrogen) atoms. The summed E-state index contributed by atoms with van der Waals surface area (Å²) in [4.78, 5) is 43.3. The molecule has 1 atom stereocenters. The molecule has 1 unspecified atom stereocenters. The van der Waals surface area contributed by atoms with Gasteiger partial charge in [0.05, 0.1) is 19.8 Å². The average molecular weight is 427 g/mol. The summed E-state index contributed by atoms with van der Waals surface area (Å²) in [7, 11) is 2.42. The van der Waals surface area contributed by atoms with Crippen molar-refractivity contribution in [3.05, 3.63) is 51.3 Å². The third-order valence-electron chi connectivity index (χ3n) is 5.79. The van der Waals surface area contributed by atoms with E-state index in [1.54, 1.807) is 18.3 Å². The first-order valence-corrected chi connectivity index (χ1v) is 10.3. The molecule has 0 amide bonds. The Hall–Kier alpha value is -3.36. The number of hydrogen-bond acceptors (Lipinski definition) is 8. The molecular weight excluding hydrogens is 402 g/mol. The number of aromatic nitrogens is 2. The summed E-state index contributed by atoms with van der Waals surface area (Å²) in [6, 6.07) is 3.57. The SMILES string of the molecule is COC(=O)C1=C(NC2CCCCC2)Oc2nc3cc(C)ccn3c(=O)c2C1C(=O)OC. The van der Waals surface area contributed by atoms with Crippen molar-refractivity contribution >= 4 is 17.6 Å². The predicted molar refractivity (Wildman–Crippen MR) is 111 cm³/mol. The number of carbonyl (C=O) groups is 2. The van der Waals surface area contributed by atoms with Crippen LogP contribution in [0.5, 0.6) is 5.88 Å². The summed E-state index contributed by atoms with van der Waals surface area (Å²) in [5.41, 5.74) is 0.652. The Kier molecular flexibility index (Phi) is 5.67. The minimum atomic E-state index is -1.31. The second kappa shape index (κ2) is 8.41. The summed E-state index contributed by atoms with van der Waals surface area (Å²) < 4.78 is 17.2. The van der Waals surface area contributed by atoms with Crippen LogP contribution in [0.1, 0.15) is 49.1 Å². The highest BCUT2D eigenvalue weighted by Crippen LogP contribution is 2.37. The van der Waals surface area contributed by atoms with E-state index in [0.717, 1.165) is 37.7 Å². The van der Waals surface area contributed by atoms with Crippen LogP contribution in [0.25, 0.3) is 5.65 Å². The van der Waals surface area contributed by atoms with Gasteiger partial charge in [0.2, 0.25) is 11.8 Å². The zero-order valence-corrected chi connectivity index (χ0v) is 17.8. The molecule has 0 aromatic carbocycles. The van der Waals surface area contributed by atoms with Crippen molar-refractivity contribution in [3.63, 3.8) is 0 Å². The topological polar surface area (TPSA) is 108 Å². The number of fused-ring (bicyclic) bond motifs is 2.